The molecule has 0 heterocycles. The second-order valence-corrected chi connectivity index (χ2v) is 4.17. The van der Waals surface area contributed by atoms with Crippen LogP contribution < -0.4 is 0 Å². The minimum atomic E-state index is -1.09. The largest absolute Gasteiger partial charge is 0.463 e. The molecule has 1 aromatic carbocycles. The van der Waals surface area contributed by atoms with Gasteiger partial charge >= 0.3 is 11.9 Å². The zero-order valence-electron chi connectivity index (χ0n) is 11.0. The first kappa shape index (κ1) is 16.1. The fourth-order valence-electron chi connectivity index (χ4n) is 1.33. The van der Waals surface area contributed by atoms with Gasteiger partial charge in [0.05, 0.1) is 19.4 Å². The van der Waals surface area contributed by atoms with Gasteiger partial charge < -0.3 is 19.7 Å². The molecule has 1 aromatic rings. The quantitative estimate of drug-likeness (QED) is 0.671. The Labute approximate surface area is 116 Å². The first-order valence-electron chi connectivity index (χ1n) is 6.26. The molecule has 0 saturated heterocycles. The Morgan fingerprint density at radius 3 is 2.25 bits per heavy atom. The molecule has 2 N–H and O–H groups in total. The van der Waals surface area contributed by atoms with Gasteiger partial charge in [0.1, 0.15) is 19.3 Å². The van der Waals surface area contributed by atoms with Crippen LogP contribution in [0.4, 0.5) is 0 Å². The number of ether oxygens (including phenoxy) is 2. The molecule has 0 aliphatic heterocycles. The van der Waals surface area contributed by atoms with E-state index in [-0.39, 0.29) is 26.1 Å². The average molecular weight is 282 g/mol. The topological polar surface area (TPSA) is 93.1 Å². The van der Waals surface area contributed by atoms with Crippen LogP contribution in [-0.2, 0) is 25.7 Å². The second-order valence-electron chi connectivity index (χ2n) is 4.17. The van der Waals surface area contributed by atoms with Crippen molar-refractivity contribution < 1.29 is 29.3 Å². The van der Waals surface area contributed by atoms with E-state index < -0.39 is 24.6 Å². The van der Waals surface area contributed by atoms with Gasteiger partial charge in [-0.3, -0.25) is 9.59 Å². The highest BCUT2D eigenvalue weighted by molar-refractivity contribution is 5.77. The van der Waals surface area contributed by atoms with Crippen LogP contribution in [-0.4, -0.2) is 41.5 Å². The second kappa shape index (κ2) is 9.06. The maximum atomic E-state index is 11.4. The minimum Gasteiger partial charge on any atom is -0.463 e. The van der Waals surface area contributed by atoms with Crippen molar-refractivity contribution in [3.63, 3.8) is 0 Å². The molecule has 0 spiro atoms. The first-order chi connectivity index (χ1) is 9.61. The van der Waals surface area contributed by atoms with Gasteiger partial charge in [-0.05, 0) is 5.56 Å². The molecular weight excluding hydrogens is 264 g/mol. The fraction of sp³-hybridized carbons (Fsp3) is 0.429. The standard InChI is InChI=1S/C14H18O6/c15-8-12(16)10-20-14(18)7-6-13(17)19-9-11-4-2-1-3-5-11/h1-5,12,15-16H,6-10H2. The summed E-state index contributed by atoms with van der Waals surface area (Å²) in [7, 11) is 0. The van der Waals surface area contributed by atoms with E-state index in [1.165, 1.54) is 0 Å². The Morgan fingerprint density at radius 2 is 1.65 bits per heavy atom. The van der Waals surface area contributed by atoms with E-state index >= 15 is 0 Å². The van der Waals surface area contributed by atoms with Gasteiger partial charge in [-0.25, -0.2) is 0 Å². The van der Waals surface area contributed by atoms with E-state index in [0.717, 1.165) is 5.56 Å². The summed E-state index contributed by atoms with van der Waals surface area (Å²) in [6.45, 7) is -0.598. The normalized spacial score (nSPS) is 11.7. The Morgan fingerprint density at radius 1 is 1.05 bits per heavy atom. The van der Waals surface area contributed by atoms with Crippen LogP contribution in [0.5, 0.6) is 0 Å². The van der Waals surface area contributed by atoms with E-state index in [1.54, 1.807) is 0 Å². The summed E-state index contributed by atoms with van der Waals surface area (Å²) in [4.78, 5) is 22.6. The third-order valence-corrected chi connectivity index (χ3v) is 2.42. The Kier molecular flexibility index (Phi) is 7.31. The SMILES string of the molecule is O=C(CCC(=O)OCC(O)CO)OCc1ccccc1. The average Bonchev–Trinajstić information content (AvgIpc) is 2.49. The van der Waals surface area contributed by atoms with E-state index in [4.69, 9.17) is 14.9 Å². The first-order valence-corrected chi connectivity index (χ1v) is 6.26. The number of carbonyl (C=O) groups excluding carboxylic acids is 2. The summed E-state index contributed by atoms with van der Waals surface area (Å²) < 4.78 is 9.64. The molecule has 20 heavy (non-hydrogen) atoms. The van der Waals surface area contributed by atoms with Gasteiger partial charge in [0, 0.05) is 0 Å². The Hall–Kier alpha value is -1.92. The number of rotatable bonds is 8. The van der Waals surface area contributed by atoms with E-state index in [9.17, 15) is 9.59 Å². The third kappa shape index (κ3) is 6.86. The number of esters is 2. The van der Waals surface area contributed by atoms with Crippen molar-refractivity contribution in [3.8, 4) is 0 Å². The lowest BCUT2D eigenvalue weighted by Gasteiger charge is -2.08. The molecule has 1 rings (SSSR count). The van der Waals surface area contributed by atoms with Crippen molar-refractivity contribution in [3.05, 3.63) is 35.9 Å². The predicted molar refractivity (Wildman–Crippen MR) is 69.5 cm³/mol. The van der Waals surface area contributed by atoms with Crippen molar-refractivity contribution >= 4 is 11.9 Å². The summed E-state index contributed by atoms with van der Waals surface area (Å²) >= 11 is 0. The maximum absolute atomic E-state index is 11.4. The molecule has 0 saturated carbocycles. The molecule has 1 unspecified atom stereocenters. The number of hydrogen-bond acceptors (Lipinski definition) is 6. The number of aliphatic hydroxyl groups excluding tert-OH is 2. The molecule has 0 amide bonds. The van der Waals surface area contributed by atoms with Crippen LogP contribution >= 0.6 is 0 Å². The van der Waals surface area contributed by atoms with Crippen LogP contribution in [0.3, 0.4) is 0 Å². The predicted octanol–water partition coefficient (Wildman–Crippen LogP) is 0.406. The lowest BCUT2D eigenvalue weighted by Crippen LogP contribution is -2.22. The molecule has 1 atom stereocenters. The minimum absolute atomic E-state index is 0.0825. The monoisotopic (exact) mass is 282 g/mol. The fourth-order valence-corrected chi connectivity index (χ4v) is 1.33. The number of hydrogen-bond donors (Lipinski definition) is 2. The summed E-state index contributed by atoms with van der Waals surface area (Å²) in [5.74, 6) is -1.11. The van der Waals surface area contributed by atoms with E-state index in [0.29, 0.717) is 0 Å². The number of carbonyl (C=O) groups is 2. The molecule has 0 aliphatic rings. The van der Waals surface area contributed by atoms with Crippen molar-refractivity contribution in [2.45, 2.75) is 25.6 Å². The summed E-state index contributed by atoms with van der Waals surface area (Å²) in [6, 6.07) is 9.21. The van der Waals surface area contributed by atoms with Gasteiger partial charge in [0.15, 0.2) is 0 Å². The highest BCUT2D eigenvalue weighted by atomic mass is 16.5. The van der Waals surface area contributed by atoms with Gasteiger partial charge in [-0.15, -0.1) is 0 Å². The Bertz CT molecular complexity index is 417. The smallest absolute Gasteiger partial charge is 0.306 e. The van der Waals surface area contributed by atoms with Crippen molar-refractivity contribution in [1.29, 1.82) is 0 Å². The number of aliphatic hydroxyl groups is 2. The zero-order chi connectivity index (χ0) is 14.8. The molecule has 0 fully saturated rings. The highest BCUT2D eigenvalue weighted by Gasteiger charge is 2.11. The van der Waals surface area contributed by atoms with Crippen molar-refractivity contribution in [1.82, 2.24) is 0 Å². The number of benzene rings is 1. The van der Waals surface area contributed by atoms with Gasteiger partial charge in [-0.2, -0.15) is 0 Å². The van der Waals surface area contributed by atoms with E-state index in [1.807, 2.05) is 30.3 Å². The highest BCUT2D eigenvalue weighted by Crippen LogP contribution is 2.03. The van der Waals surface area contributed by atoms with E-state index in [2.05, 4.69) is 4.74 Å². The third-order valence-electron chi connectivity index (χ3n) is 2.42. The molecule has 0 aromatic heterocycles. The maximum Gasteiger partial charge on any atom is 0.306 e. The van der Waals surface area contributed by atoms with Gasteiger partial charge in [0.25, 0.3) is 0 Å². The summed E-state index contributed by atoms with van der Waals surface area (Å²) in [5, 5.41) is 17.5. The molecule has 6 nitrogen and oxygen atoms in total. The summed E-state index contributed by atoms with van der Waals surface area (Å²) in [6.07, 6.45) is -1.30. The lowest BCUT2D eigenvalue weighted by atomic mass is 10.2. The molecule has 0 bridgehead atoms. The molecule has 6 heteroatoms. The van der Waals surface area contributed by atoms with Crippen molar-refractivity contribution in [2.75, 3.05) is 13.2 Å². The Balaban J connectivity index is 2.15. The lowest BCUT2D eigenvalue weighted by molar-refractivity contribution is -0.153. The molecule has 0 aliphatic carbocycles. The van der Waals surface area contributed by atoms with Gasteiger partial charge in [-0.1, -0.05) is 30.3 Å². The summed E-state index contributed by atoms with van der Waals surface area (Å²) in [5.41, 5.74) is 0.870. The van der Waals surface area contributed by atoms with Crippen LogP contribution in [0.15, 0.2) is 30.3 Å². The van der Waals surface area contributed by atoms with Crippen LogP contribution in [0.25, 0.3) is 0 Å². The van der Waals surface area contributed by atoms with Crippen LogP contribution in [0, 0.1) is 0 Å². The van der Waals surface area contributed by atoms with Crippen molar-refractivity contribution in [2.24, 2.45) is 0 Å². The molecule has 110 valence electrons. The van der Waals surface area contributed by atoms with Gasteiger partial charge in [0.2, 0.25) is 0 Å². The molecule has 0 radical (unpaired) electrons. The zero-order valence-corrected chi connectivity index (χ0v) is 11.0. The van der Waals surface area contributed by atoms with Crippen LogP contribution in [0.2, 0.25) is 0 Å². The molecular formula is C14H18O6. The van der Waals surface area contributed by atoms with Crippen LogP contribution in [0.1, 0.15) is 18.4 Å².